The van der Waals surface area contributed by atoms with Gasteiger partial charge in [-0.3, -0.25) is 0 Å². The predicted molar refractivity (Wildman–Crippen MR) is 233 cm³/mol. The summed E-state index contributed by atoms with van der Waals surface area (Å²) in [6.45, 7) is 2.17. The molecule has 268 valence electrons. The van der Waals surface area contributed by atoms with Crippen LogP contribution in [0.25, 0.3) is 106 Å². The van der Waals surface area contributed by atoms with Crippen LogP contribution in [0.1, 0.15) is 5.56 Å². The third kappa shape index (κ3) is 5.51. The molecule has 0 saturated carbocycles. The maximum absolute atomic E-state index is 6.36. The maximum atomic E-state index is 6.36. The van der Waals surface area contributed by atoms with Crippen molar-refractivity contribution in [1.82, 2.24) is 19.5 Å². The average molecular weight is 731 g/mol. The molecule has 11 rings (SSSR count). The number of benzene rings is 8. The number of aromatic nitrogens is 4. The fraction of sp³-hybridized carbons (Fsp3) is 0.0192. The van der Waals surface area contributed by atoms with E-state index in [0.717, 1.165) is 66.5 Å². The monoisotopic (exact) mass is 730 g/mol. The summed E-state index contributed by atoms with van der Waals surface area (Å²) in [5.74, 6) is 1.82. The molecule has 0 amide bonds. The number of aryl methyl sites for hydroxylation is 1. The average Bonchev–Trinajstić information content (AvgIpc) is 3.82. The molecule has 0 fully saturated rings. The van der Waals surface area contributed by atoms with E-state index in [1.165, 1.54) is 27.5 Å². The molecule has 0 spiro atoms. The first kappa shape index (κ1) is 32.8. The number of furan rings is 1. The molecule has 0 aliphatic carbocycles. The highest BCUT2D eigenvalue weighted by Crippen LogP contribution is 2.42. The number of nitrogens with zero attached hydrogens (tertiary/aromatic N) is 4. The van der Waals surface area contributed by atoms with Crippen LogP contribution < -0.4 is 0 Å². The maximum Gasteiger partial charge on any atom is 0.166 e. The van der Waals surface area contributed by atoms with Crippen molar-refractivity contribution in [1.29, 1.82) is 0 Å². The molecule has 8 aromatic carbocycles. The summed E-state index contributed by atoms with van der Waals surface area (Å²) in [6.07, 6.45) is 0. The van der Waals surface area contributed by atoms with Crippen molar-refractivity contribution in [3.8, 4) is 62.1 Å². The van der Waals surface area contributed by atoms with Crippen molar-refractivity contribution in [2.75, 3.05) is 0 Å². The minimum Gasteiger partial charge on any atom is -0.456 e. The Balaban J connectivity index is 1.24. The van der Waals surface area contributed by atoms with Crippen molar-refractivity contribution < 1.29 is 4.42 Å². The van der Waals surface area contributed by atoms with Gasteiger partial charge in [0, 0.05) is 38.2 Å². The zero-order valence-corrected chi connectivity index (χ0v) is 31.1. The SMILES string of the molecule is Cc1ccccc1-c1ccc2c3ccccc3n(-c3ccc(-c4cccc5oc6ccccc6c45)cc3-c3nc(-c4ccccc4)nc(-c4ccccc4)n3)c2c1. The van der Waals surface area contributed by atoms with E-state index < -0.39 is 0 Å². The smallest absolute Gasteiger partial charge is 0.166 e. The topological polar surface area (TPSA) is 56.7 Å². The number of hydrogen-bond acceptors (Lipinski definition) is 4. The van der Waals surface area contributed by atoms with Gasteiger partial charge in [0.05, 0.1) is 16.7 Å². The highest BCUT2D eigenvalue weighted by Gasteiger charge is 2.22. The van der Waals surface area contributed by atoms with Gasteiger partial charge in [-0.15, -0.1) is 0 Å². The van der Waals surface area contributed by atoms with Gasteiger partial charge >= 0.3 is 0 Å². The van der Waals surface area contributed by atoms with E-state index in [2.05, 4.69) is 145 Å². The second-order valence-corrected chi connectivity index (χ2v) is 14.4. The van der Waals surface area contributed by atoms with Gasteiger partial charge in [0.25, 0.3) is 0 Å². The Morgan fingerprint density at radius 3 is 1.74 bits per heavy atom. The van der Waals surface area contributed by atoms with E-state index in [1.54, 1.807) is 0 Å². The molecule has 0 radical (unpaired) electrons. The first-order valence-corrected chi connectivity index (χ1v) is 19.2. The normalized spacial score (nSPS) is 11.6. The van der Waals surface area contributed by atoms with Gasteiger partial charge in [-0.05, 0) is 71.1 Å². The van der Waals surface area contributed by atoms with Gasteiger partial charge in [0.15, 0.2) is 17.5 Å². The summed E-state index contributed by atoms with van der Waals surface area (Å²) in [5, 5.41) is 4.52. The van der Waals surface area contributed by atoms with E-state index >= 15 is 0 Å². The van der Waals surface area contributed by atoms with Gasteiger partial charge in [-0.25, -0.2) is 15.0 Å². The second-order valence-electron chi connectivity index (χ2n) is 14.4. The Labute approximate surface area is 329 Å². The third-order valence-corrected chi connectivity index (χ3v) is 11.0. The summed E-state index contributed by atoms with van der Waals surface area (Å²) in [6, 6.07) is 65.6. The lowest BCUT2D eigenvalue weighted by atomic mass is 9.96. The second kappa shape index (κ2) is 13.3. The minimum atomic E-state index is 0.588. The van der Waals surface area contributed by atoms with Crippen LogP contribution >= 0.6 is 0 Å². The number of fused-ring (bicyclic) bond motifs is 6. The molecule has 0 aliphatic rings. The zero-order valence-electron chi connectivity index (χ0n) is 31.1. The molecule has 5 heteroatoms. The quantitative estimate of drug-likeness (QED) is 0.171. The molecule has 11 aromatic rings. The first-order valence-electron chi connectivity index (χ1n) is 19.2. The lowest BCUT2D eigenvalue weighted by Crippen LogP contribution is -2.04. The molecular weight excluding hydrogens is 697 g/mol. The Bertz CT molecular complexity index is 3250. The van der Waals surface area contributed by atoms with Crippen molar-refractivity contribution in [3.63, 3.8) is 0 Å². The highest BCUT2D eigenvalue weighted by molar-refractivity contribution is 6.13. The first-order chi connectivity index (χ1) is 28.2. The summed E-state index contributed by atoms with van der Waals surface area (Å²) in [4.78, 5) is 15.6. The van der Waals surface area contributed by atoms with E-state index in [9.17, 15) is 0 Å². The standard InChI is InChI=1S/C52H34N4O/c1-33-15-8-9-20-38(33)37-27-29-41-40-21-10-12-24-44(40)56(46(41)32-37)45-30-28-36(39-23-14-26-48-49(39)42-22-11-13-25-47(42)57-48)31-43(45)52-54-50(34-16-4-2-5-17-34)53-51(55-52)35-18-6-3-7-19-35/h2-32H,1H3. The number of hydrogen-bond donors (Lipinski definition) is 0. The van der Waals surface area contributed by atoms with Gasteiger partial charge in [0.1, 0.15) is 11.2 Å². The molecule has 57 heavy (non-hydrogen) atoms. The molecule has 0 saturated heterocycles. The Hall–Kier alpha value is -7.63. The predicted octanol–water partition coefficient (Wildman–Crippen LogP) is 13.5. The van der Waals surface area contributed by atoms with Crippen LogP contribution in [-0.2, 0) is 0 Å². The third-order valence-electron chi connectivity index (χ3n) is 11.0. The van der Waals surface area contributed by atoms with Gasteiger partial charge in [-0.2, -0.15) is 0 Å². The van der Waals surface area contributed by atoms with Crippen molar-refractivity contribution >= 4 is 43.7 Å². The van der Waals surface area contributed by atoms with Crippen LogP contribution in [0.2, 0.25) is 0 Å². The van der Waals surface area contributed by atoms with Crippen molar-refractivity contribution in [2.45, 2.75) is 6.92 Å². The fourth-order valence-corrected chi connectivity index (χ4v) is 8.32. The van der Waals surface area contributed by atoms with E-state index in [-0.39, 0.29) is 0 Å². The molecule has 0 unspecified atom stereocenters. The van der Waals surface area contributed by atoms with Gasteiger partial charge in [-0.1, -0.05) is 152 Å². The fourth-order valence-electron chi connectivity index (χ4n) is 8.32. The van der Waals surface area contributed by atoms with E-state index in [0.29, 0.717) is 17.5 Å². The van der Waals surface area contributed by atoms with Crippen LogP contribution in [0.15, 0.2) is 192 Å². The van der Waals surface area contributed by atoms with Crippen LogP contribution in [0.3, 0.4) is 0 Å². The summed E-state index contributed by atoms with van der Waals surface area (Å²) >= 11 is 0. The van der Waals surface area contributed by atoms with Crippen molar-refractivity contribution in [2.24, 2.45) is 0 Å². The van der Waals surface area contributed by atoms with Gasteiger partial charge < -0.3 is 8.98 Å². The molecule has 3 heterocycles. The van der Waals surface area contributed by atoms with Crippen LogP contribution in [0.4, 0.5) is 0 Å². The Morgan fingerprint density at radius 2 is 0.965 bits per heavy atom. The van der Waals surface area contributed by atoms with E-state index in [1.807, 2.05) is 54.6 Å². The summed E-state index contributed by atoms with van der Waals surface area (Å²) in [5.41, 5.74) is 13.4. The molecule has 0 aliphatic heterocycles. The van der Waals surface area contributed by atoms with Gasteiger partial charge in [0.2, 0.25) is 0 Å². The molecule has 5 nitrogen and oxygen atoms in total. The van der Waals surface area contributed by atoms with Crippen LogP contribution in [0.5, 0.6) is 0 Å². The van der Waals surface area contributed by atoms with Crippen LogP contribution in [0, 0.1) is 6.92 Å². The lowest BCUT2D eigenvalue weighted by Gasteiger charge is -2.17. The molecule has 0 bridgehead atoms. The molecule has 3 aromatic heterocycles. The largest absolute Gasteiger partial charge is 0.456 e. The highest BCUT2D eigenvalue weighted by atomic mass is 16.3. The minimum absolute atomic E-state index is 0.588. The number of rotatable bonds is 6. The van der Waals surface area contributed by atoms with E-state index in [4.69, 9.17) is 19.4 Å². The Morgan fingerprint density at radius 1 is 0.386 bits per heavy atom. The molecule has 0 atom stereocenters. The Kier molecular flexibility index (Phi) is 7.64. The lowest BCUT2D eigenvalue weighted by molar-refractivity contribution is 0.669. The summed E-state index contributed by atoms with van der Waals surface area (Å²) in [7, 11) is 0. The molecular formula is C52H34N4O. The van der Waals surface area contributed by atoms with Crippen LogP contribution in [-0.4, -0.2) is 19.5 Å². The number of para-hydroxylation sites is 2. The molecule has 0 N–H and O–H groups in total. The summed E-state index contributed by atoms with van der Waals surface area (Å²) < 4.78 is 8.74. The van der Waals surface area contributed by atoms with Crippen molar-refractivity contribution in [3.05, 3.63) is 194 Å². The zero-order chi connectivity index (χ0) is 37.9.